The van der Waals surface area contributed by atoms with Crippen LogP contribution in [0.5, 0.6) is 0 Å². The largest absolute Gasteiger partial charge is 0.481 e. The molecule has 2 aromatic rings. The van der Waals surface area contributed by atoms with Crippen LogP contribution in [0.15, 0.2) is 24.4 Å². The summed E-state index contributed by atoms with van der Waals surface area (Å²) in [5, 5.41) is 13.4. The van der Waals surface area contributed by atoms with Crippen LogP contribution in [-0.2, 0) is 11.0 Å². The van der Waals surface area contributed by atoms with Crippen LogP contribution in [0.1, 0.15) is 84.8 Å². The maximum atomic E-state index is 14.4. The molecule has 1 aromatic heterocycles. The summed E-state index contributed by atoms with van der Waals surface area (Å²) in [7, 11) is 0. The molecular weight excluding hydrogens is 546 g/mol. The maximum Gasteiger partial charge on any atom is 0.433 e. The first-order chi connectivity index (χ1) is 17.7. The molecule has 206 valence electrons. The topological polar surface area (TPSA) is 92.5 Å². The number of carbonyl (C=O) groups is 3. The number of carboxylic acids is 1. The van der Waals surface area contributed by atoms with Gasteiger partial charge in [0.05, 0.1) is 45.9 Å². The first-order valence-corrected chi connectivity index (χ1v) is 13.1. The number of nitrogens with zero attached hydrogens (tertiary/aromatic N) is 3. The van der Waals surface area contributed by atoms with Crippen molar-refractivity contribution in [2.45, 2.75) is 70.6 Å². The van der Waals surface area contributed by atoms with Crippen molar-refractivity contribution in [3.8, 4) is 0 Å². The summed E-state index contributed by atoms with van der Waals surface area (Å²) in [5.74, 6) is -3.11. The summed E-state index contributed by atoms with van der Waals surface area (Å²) in [6, 6.07) is 3.38. The third-order valence-electron chi connectivity index (χ3n) is 7.52. The molecule has 0 bridgehead atoms. The van der Waals surface area contributed by atoms with Gasteiger partial charge < -0.3 is 10.0 Å². The van der Waals surface area contributed by atoms with Crippen LogP contribution in [0.2, 0.25) is 10.0 Å². The van der Waals surface area contributed by atoms with Crippen LogP contribution in [-0.4, -0.2) is 50.0 Å². The number of benzene rings is 1. The predicted molar refractivity (Wildman–Crippen MR) is 134 cm³/mol. The molecule has 38 heavy (non-hydrogen) atoms. The van der Waals surface area contributed by atoms with Crippen molar-refractivity contribution in [3.63, 3.8) is 0 Å². The predicted octanol–water partition coefficient (Wildman–Crippen LogP) is 6.54. The molecular formula is C26H28Cl2F3N3O4. The molecule has 0 atom stereocenters. The van der Waals surface area contributed by atoms with Gasteiger partial charge in [0.25, 0.3) is 5.91 Å². The van der Waals surface area contributed by atoms with Crippen LogP contribution in [0.4, 0.5) is 13.2 Å². The Bertz CT molecular complexity index is 1220. The number of alkyl halides is 3. The number of aromatic nitrogens is 2. The Hall–Kier alpha value is -2.59. The lowest BCUT2D eigenvalue weighted by atomic mass is 9.67. The van der Waals surface area contributed by atoms with Gasteiger partial charge in [-0.05, 0) is 56.1 Å². The normalized spacial score (nSPS) is 21.6. The van der Waals surface area contributed by atoms with Crippen molar-refractivity contribution in [1.82, 2.24) is 14.7 Å². The lowest BCUT2D eigenvalue weighted by Gasteiger charge is -2.48. The van der Waals surface area contributed by atoms with Gasteiger partial charge in [0, 0.05) is 6.04 Å². The van der Waals surface area contributed by atoms with Gasteiger partial charge in [-0.2, -0.15) is 18.3 Å². The van der Waals surface area contributed by atoms with E-state index in [-0.39, 0.29) is 46.7 Å². The Morgan fingerprint density at radius 1 is 1.11 bits per heavy atom. The Labute approximate surface area is 227 Å². The zero-order chi connectivity index (χ0) is 28.0. The first-order valence-electron chi connectivity index (χ1n) is 12.4. The number of ketones is 1. The van der Waals surface area contributed by atoms with E-state index in [0.29, 0.717) is 12.8 Å². The highest BCUT2D eigenvalue weighted by molar-refractivity contribution is 6.40. The van der Waals surface area contributed by atoms with E-state index in [1.54, 1.807) is 6.07 Å². The number of carbonyl (C=O) groups excluding carboxylic acids is 2. The van der Waals surface area contributed by atoms with E-state index in [0.717, 1.165) is 10.9 Å². The lowest BCUT2D eigenvalue weighted by molar-refractivity contribution is -0.147. The fraction of sp³-hybridized carbons (Fsp3) is 0.538. The molecule has 0 unspecified atom stereocenters. The first kappa shape index (κ1) is 28.4. The van der Waals surface area contributed by atoms with Gasteiger partial charge in [0.1, 0.15) is 0 Å². The van der Waals surface area contributed by atoms with Gasteiger partial charge >= 0.3 is 12.1 Å². The molecule has 0 radical (unpaired) electrons. The highest BCUT2D eigenvalue weighted by Crippen LogP contribution is 2.44. The third kappa shape index (κ3) is 5.71. The molecule has 0 spiro atoms. The molecule has 2 aliphatic rings. The van der Waals surface area contributed by atoms with Crippen LogP contribution in [0, 0.1) is 11.3 Å². The number of hydrogen-bond acceptors (Lipinski definition) is 4. The summed E-state index contributed by atoms with van der Waals surface area (Å²) >= 11 is 12.3. The second-order valence-corrected chi connectivity index (χ2v) is 11.7. The Morgan fingerprint density at radius 3 is 2.18 bits per heavy atom. The van der Waals surface area contributed by atoms with E-state index in [1.165, 1.54) is 17.0 Å². The van der Waals surface area contributed by atoms with Crippen molar-refractivity contribution >= 4 is 40.9 Å². The van der Waals surface area contributed by atoms with Crippen LogP contribution >= 0.6 is 23.2 Å². The van der Waals surface area contributed by atoms with Crippen LogP contribution in [0.25, 0.3) is 0 Å². The lowest BCUT2D eigenvalue weighted by Crippen LogP contribution is -2.53. The average molecular weight is 574 g/mol. The maximum absolute atomic E-state index is 14.4. The fourth-order valence-electron chi connectivity index (χ4n) is 5.60. The van der Waals surface area contributed by atoms with Gasteiger partial charge in [-0.15, -0.1) is 0 Å². The Morgan fingerprint density at radius 2 is 1.68 bits per heavy atom. The van der Waals surface area contributed by atoms with Crippen molar-refractivity contribution < 1.29 is 32.7 Å². The summed E-state index contributed by atoms with van der Waals surface area (Å²) in [6.45, 7) is 3.46. The number of carboxylic acid groups (broad SMARTS) is 1. The second-order valence-electron chi connectivity index (χ2n) is 10.9. The number of rotatable bonds is 7. The third-order valence-corrected chi connectivity index (χ3v) is 8.15. The molecule has 2 aliphatic carbocycles. The van der Waals surface area contributed by atoms with Crippen LogP contribution < -0.4 is 0 Å². The van der Waals surface area contributed by atoms with Gasteiger partial charge in [0.2, 0.25) is 0 Å². The SMILES string of the molecule is CC1(C)CC(N(CC(=O)c2c(Cl)cccc2Cl)C(=O)c2cnn([C@H]3CC[C@@H](C(=O)O)CC3)c2C(F)(F)F)C1. The number of Topliss-reactive ketones (excluding diaryl/α,β-unsaturated/α-hetero) is 1. The Kier molecular flexibility index (Phi) is 7.87. The molecule has 2 saturated carbocycles. The van der Waals surface area contributed by atoms with Crippen molar-refractivity contribution in [1.29, 1.82) is 0 Å². The summed E-state index contributed by atoms with van der Waals surface area (Å²) in [6.07, 6.45) is -2.15. The molecule has 12 heteroatoms. The quantitative estimate of drug-likeness (QED) is 0.380. The fourth-order valence-corrected chi connectivity index (χ4v) is 6.21. The molecule has 1 aromatic carbocycles. The van der Waals surface area contributed by atoms with E-state index in [1.807, 2.05) is 13.8 Å². The van der Waals surface area contributed by atoms with Crippen molar-refractivity contribution in [3.05, 3.63) is 51.3 Å². The number of halogens is 5. The standard InChI is InChI=1S/C26H28Cl2F3N3O4/c1-25(2)10-16(11-25)33(13-20(35)21-18(27)4-3-5-19(21)28)23(36)17-12-32-34(22(17)26(29,30)31)15-8-6-14(7-9-15)24(37)38/h3-5,12,14-16H,6-11,13H2,1-2H3,(H,37,38)/t14-,15+. The summed E-state index contributed by atoms with van der Waals surface area (Å²) in [4.78, 5) is 39.4. The molecule has 1 amide bonds. The van der Waals surface area contributed by atoms with Crippen molar-refractivity contribution in [2.75, 3.05) is 6.54 Å². The zero-order valence-corrected chi connectivity index (χ0v) is 22.4. The molecule has 0 aliphatic heterocycles. The Balaban J connectivity index is 1.67. The highest BCUT2D eigenvalue weighted by Gasteiger charge is 2.47. The smallest absolute Gasteiger partial charge is 0.433 e. The minimum atomic E-state index is -4.90. The minimum absolute atomic E-state index is 0.00847. The van der Waals surface area contributed by atoms with E-state index in [2.05, 4.69) is 5.10 Å². The van der Waals surface area contributed by atoms with Gasteiger partial charge in [-0.3, -0.25) is 19.1 Å². The van der Waals surface area contributed by atoms with E-state index in [9.17, 15) is 32.7 Å². The molecule has 4 rings (SSSR count). The summed E-state index contributed by atoms with van der Waals surface area (Å²) < 4.78 is 43.9. The minimum Gasteiger partial charge on any atom is -0.481 e. The second kappa shape index (κ2) is 10.5. The highest BCUT2D eigenvalue weighted by atomic mass is 35.5. The van der Waals surface area contributed by atoms with E-state index >= 15 is 0 Å². The van der Waals surface area contributed by atoms with Gasteiger partial charge in [-0.25, -0.2) is 0 Å². The van der Waals surface area contributed by atoms with Gasteiger partial charge in [-0.1, -0.05) is 43.1 Å². The average Bonchev–Trinajstić information content (AvgIpc) is 3.26. The molecule has 7 nitrogen and oxygen atoms in total. The summed E-state index contributed by atoms with van der Waals surface area (Å²) in [5.41, 5.74) is -1.95. The van der Waals surface area contributed by atoms with Crippen molar-refractivity contribution in [2.24, 2.45) is 11.3 Å². The van der Waals surface area contributed by atoms with E-state index < -0.39 is 59.6 Å². The molecule has 1 N–H and O–H groups in total. The monoisotopic (exact) mass is 573 g/mol. The zero-order valence-electron chi connectivity index (χ0n) is 20.9. The number of amides is 1. The molecule has 0 saturated heterocycles. The van der Waals surface area contributed by atoms with Crippen LogP contribution in [0.3, 0.4) is 0 Å². The van der Waals surface area contributed by atoms with E-state index in [4.69, 9.17) is 23.2 Å². The van der Waals surface area contributed by atoms with Gasteiger partial charge in [0.15, 0.2) is 11.5 Å². The molecule has 1 heterocycles. The number of hydrogen-bond donors (Lipinski definition) is 1. The number of aliphatic carboxylic acids is 1. The molecule has 2 fully saturated rings.